The van der Waals surface area contributed by atoms with Crippen molar-refractivity contribution in [2.45, 2.75) is 104 Å². The SMILES string of the molecule is Cc1ncsc1-c1ccc(CNC(=O)[C@@H]2C[C@@H](O)CN2C(=O)C(NC(=O)COCCOCCOCCOCCOc2cc(F)c([C@@H]3c4[nH]c5ccccc5c4C[C@@H](C)N3CC(C)(C)F)c(F)c2)C(C)(C)C)cc1. The number of aliphatic hydroxyl groups excluding tert-OH is 1. The number of H-pyrrole nitrogens is 1. The zero-order valence-corrected chi connectivity index (χ0v) is 43.6. The molecule has 5 atom stereocenters. The first kappa shape index (κ1) is 55.3. The van der Waals surface area contributed by atoms with Gasteiger partial charge < -0.3 is 49.3 Å². The van der Waals surface area contributed by atoms with Gasteiger partial charge in [0, 0.05) is 66.4 Å². The van der Waals surface area contributed by atoms with E-state index in [9.17, 15) is 19.5 Å². The minimum Gasteiger partial charge on any atom is -0.491 e. The van der Waals surface area contributed by atoms with Gasteiger partial charge in [0.15, 0.2) is 0 Å². The summed E-state index contributed by atoms with van der Waals surface area (Å²) in [5.74, 6) is -2.94. The van der Waals surface area contributed by atoms with Crippen LogP contribution in [0.2, 0.25) is 0 Å². The Morgan fingerprint density at radius 1 is 0.904 bits per heavy atom. The van der Waals surface area contributed by atoms with Gasteiger partial charge in [-0.15, -0.1) is 11.3 Å². The molecule has 7 rings (SSSR count). The summed E-state index contributed by atoms with van der Waals surface area (Å²) in [6.45, 7) is 13.6. The maximum Gasteiger partial charge on any atom is 0.246 e. The van der Waals surface area contributed by atoms with E-state index in [-0.39, 0.29) is 103 Å². The highest BCUT2D eigenvalue weighted by Crippen LogP contribution is 2.44. The first-order valence-corrected chi connectivity index (χ1v) is 25.7. The average Bonchev–Trinajstić information content (AvgIpc) is 4.06. The first-order valence-electron chi connectivity index (χ1n) is 24.8. The topological polar surface area (TPSA) is 177 Å². The Hall–Kier alpha value is -5.41. The van der Waals surface area contributed by atoms with Crippen molar-refractivity contribution >= 4 is 40.0 Å². The number of amides is 3. The number of rotatable bonds is 24. The molecule has 0 radical (unpaired) electrons. The van der Waals surface area contributed by atoms with E-state index >= 15 is 13.2 Å². The lowest BCUT2D eigenvalue weighted by Gasteiger charge is -2.43. The number of aromatic amines is 1. The molecule has 1 saturated heterocycles. The lowest BCUT2D eigenvalue weighted by atomic mass is 9.85. The maximum absolute atomic E-state index is 16.0. The van der Waals surface area contributed by atoms with Crippen LogP contribution in [0.15, 0.2) is 66.2 Å². The molecule has 19 heteroatoms. The number of carbonyl (C=O) groups excluding carboxylic acids is 3. The molecule has 2 aliphatic heterocycles. The van der Waals surface area contributed by atoms with E-state index in [2.05, 4.69) is 20.6 Å². The second-order valence-corrected chi connectivity index (χ2v) is 21.2. The van der Waals surface area contributed by atoms with Crippen LogP contribution < -0.4 is 15.4 Å². The van der Waals surface area contributed by atoms with Gasteiger partial charge in [-0.25, -0.2) is 18.2 Å². The van der Waals surface area contributed by atoms with E-state index in [0.29, 0.717) is 12.1 Å². The number of carbonyl (C=O) groups is 3. The lowest BCUT2D eigenvalue weighted by molar-refractivity contribution is -0.144. The summed E-state index contributed by atoms with van der Waals surface area (Å²) < 4.78 is 74.9. The van der Waals surface area contributed by atoms with Gasteiger partial charge in [0.25, 0.3) is 0 Å². The van der Waals surface area contributed by atoms with Crippen molar-refractivity contribution in [3.05, 3.63) is 106 Å². The Morgan fingerprint density at radius 2 is 1.53 bits per heavy atom. The summed E-state index contributed by atoms with van der Waals surface area (Å²) in [6, 6.07) is 14.9. The van der Waals surface area contributed by atoms with Crippen molar-refractivity contribution < 1.29 is 56.3 Å². The average molecular weight is 1040 g/mol. The Balaban J connectivity index is 0.762. The zero-order valence-electron chi connectivity index (χ0n) is 42.7. The number of fused-ring (bicyclic) bond motifs is 3. The fourth-order valence-electron chi connectivity index (χ4n) is 9.43. The minimum absolute atomic E-state index is 0.00957. The molecule has 5 aromatic rings. The molecule has 73 heavy (non-hydrogen) atoms. The number of benzene rings is 3. The molecule has 15 nitrogen and oxygen atoms in total. The maximum atomic E-state index is 16.0. The number of para-hydroxylation sites is 1. The molecule has 396 valence electrons. The highest BCUT2D eigenvalue weighted by molar-refractivity contribution is 7.13. The number of aliphatic hydroxyl groups is 1. The molecule has 4 N–H and O–H groups in total. The first-order chi connectivity index (χ1) is 34.8. The monoisotopic (exact) mass is 1030 g/mol. The standard InChI is InChI=1S/C54H69F3N6O9S/c1-33-24-40-39-10-8-9-11-43(39)60-47(40)48(63(33)31-54(6,7)57)46-41(55)26-38(27-42(46)56)72-23-22-70-19-18-68-16-17-69-20-21-71-30-45(65)61-50(53(3,4)5)52(67)62-29-37(64)25-44(62)51(66)58-28-35-12-14-36(15-13-35)49-34(2)59-32-73-49/h8-15,26-27,32-33,37,44,48,50,60,64H,16-25,28-31H2,1-7H3,(H,58,66)(H,61,65)/t33-,37-,44+,48-,50?/m1/s1. The number of ether oxygens (including phenoxy) is 5. The van der Waals surface area contributed by atoms with E-state index in [4.69, 9.17) is 23.7 Å². The van der Waals surface area contributed by atoms with E-state index in [0.717, 1.165) is 50.3 Å². The van der Waals surface area contributed by atoms with E-state index in [1.807, 2.05) is 88.0 Å². The van der Waals surface area contributed by atoms with Gasteiger partial charge in [-0.05, 0) is 62.3 Å². The second kappa shape index (κ2) is 24.7. The predicted octanol–water partition coefficient (Wildman–Crippen LogP) is 7.22. The number of likely N-dealkylation sites (tertiary alicyclic amines) is 1. The number of hydrogen-bond acceptors (Lipinski definition) is 12. The fraction of sp³-hybridized carbons (Fsp3) is 0.519. The largest absolute Gasteiger partial charge is 0.491 e. The zero-order chi connectivity index (χ0) is 52.5. The van der Waals surface area contributed by atoms with Crippen LogP contribution in [-0.4, -0.2) is 145 Å². The van der Waals surface area contributed by atoms with Gasteiger partial charge in [-0.3, -0.25) is 19.3 Å². The Morgan fingerprint density at radius 3 is 2.15 bits per heavy atom. The quantitative estimate of drug-likeness (QED) is 0.0460. The molecule has 0 saturated carbocycles. The molecule has 3 aromatic carbocycles. The molecule has 1 unspecified atom stereocenters. The van der Waals surface area contributed by atoms with Gasteiger partial charge >= 0.3 is 0 Å². The molecule has 0 spiro atoms. The van der Waals surface area contributed by atoms with Crippen molar-refractivity contribution in [2.75, 3.05) is 72.6 Å². The van der Waals surface area contributed by atoms with Gasteiger partial charge in [0.05, 0.1) is 74.5 Å². The van der Waals surface area contributed by atoms with Crippen molar-refractivity contribution in [1.29, 1.82) is 0 Å². The van der Waals surface area contributed by atoms with Crippen LogP contribution in [0, 0.1) is 24.0 Å². The Bertz CT molecular complexity index is 2630. The van der Waals surface area contributed by atoms with Crippen LogP contribution in [-0.2, 0) is 46.3 Å². The fourth-order valence-corrected chi connectivity index (χ4v) is 10.2. The number of hydrogen-bond donors (Lipinski definition) is 4. The molecule has 1 fully saturated rings. The summed E-state index contributed by atoms with van der Waals surface area (Å²) in [5.41, 5.74) is 4.65. The van der Waals surface area contributed by atoms with Crippen LogP contribution in [0.3, 0.4) is 0 Å². The van der Waals surface area contributed by atoms with Crippen LogP contribution >= 0.6 is 11.3 Å². The number of β-amino-alcohol motifs (C(OH)–C–C–N with tert-alkyl or cyclic N) is 1. The lowest BCUT2D eigenvalue weighted by Crippen LogP contribution is -2.58. The number of aryl methyl sites for hydroxylation is 1. The van der Waals surface area contributed by atoms with Gasteiger partial charge in [-0.2, -0.15) is 0 Å². The van der Waals surface area contributed by atoms with E-state index < -0.39 is 64.7 Å². The smallest absolute Gasteiger partial charge is 0.246 e. The van der Waals surface area contributed by atoms with Crippen molar-refractivity contribution in [3.63, 3.8) is 0 Å². The van der Waals surface area contributed by atoms with E-state index in [1.54, 1.807) is 16.8 Å². The molecule has 2 aromatic heterocycles. The van der Waals surface area contributed by atoms with Gasteiger partial charge in [0.2, 0.25) is 17.7 Å². The van der Waals surface area contributed by atoms with Crippen LogP contribution in [0.5, 0.6) is 5.75 Å². The summed E-state index contributed by atoms with van der Waals surface area (Å²) in [6.07, 6.45) is -0.210. The normalized spacial score (nSPS) is 18.8. The molecule has 0 aliphatic carbocycles. The summed E-state index contributed by atoms with van der Waals surface area (Å²) >= 11 is 1.56. The number of aromatic nitrogens is 2. The summed E-state index contributed by atoms with van der Waals surface area (Å²) in [7, 11) is 0. The molecule has 4 heterocycles. The number of halogens is 3. The second-order valence-electron chi connectivity index (χ2n) is 20.4. The number of alkyl halides is 1. The molecular formula is C54H69F3N6O9S. The molecule has 0 bridgehead atoms. The third kappa shape index (κ3) is 14.5. The number of nitrogens with one attached hydrogen (secondary N) is 3. The number of nitrogens with zero attached hydrogens (tertiary/aromatic N) is 3. The molecule has 2 aliphatic rings. The van der Waals surface area contributed by atoms with Crippen molar-refractivity contribution in [2.24, 2.45) is 5.41 Å². The van der Waals surface area contributed by atoms with Crippen LogP contribution in [0.4, 0.5) is 13.2 Å². The molecular weight excluding hydrogens is 966 g/mol. The van der Waals surface area contributed by atoms with Crippen LogP contribution in [0.1, 0.15) is 82.1 Å². The third-order valence-corrected chi connectivity index (χ3v) is 13.9. The highest BCUT2D eigenvalue weighted by Gasteiger charge is 2.45. The predicted molar refractivity (Wildman–Crippen MR) is 272 cm³/mol. The molecule has 3 amide bonds. The van der Waals surface area contributed by atoms with Gasteiger partial charge in [-0.1, -0.05) is 63.2 Å². The highest BCUT2D eigenvalue weighted by atomic mass is 32.1. The minimum atomic E-state index is -1.61. The van der Waals surface area contributed by atoms with Crippen LogP contribution in [0.25, 0.3) is 21.3 Å². The number of thiazole rings is 1. The summed E-state index contributed by atoms with van der Waals surface area (Å²) in [4.78, 5) is 52.3. The van der Waals surface area contributed by atoms with Crippen molar-refractivity contribution in [3.8, 4) is 16.2 Å². The third-order valence-electron chi connectivity index (χ3n) is 13.0. The van der Waals surface area contributed by atoms with Crippen molar-refractivity contribution in [1.82, 2.24) is 30.4 Å². The summed E-state index contributed by atoms with van der Waals surface area (Å²) in [5, 5.41) is 17.2. The Kier molecular flexibility index (Phi) is 18.8. The van der Waals surface area contributed by atoms with E-state index in [1.165, 1.54) is 18.7 Å². The van der Waals surface area contributed by atoms with Gasteiger partial charge in [0.1, 0.15) is 48.4 Å². The Labute approximate surface area is 429 Å².